The SMILES string of the molecule is Cc1cc(Br)ccc1NC(=O)CCC(=O)OCC(=O)Nc1ccccc1C(F)(F)F. The lowest BCUT2D eigenvalue weighted by Crippen LogP contribution is -2.23. The molecule has 2 N–H and O–H groups in total. The van der Waals surface area contributed by atoms with Crippen molar-refractivity contribution in [2.75, 3.05) is 17.2 Å². The molecular weight excluding hydrogens is 469 g/mol. The van der Waals surface area contributed by atoms with Gasteiger partial charge in [-0.3, -0.25) is 14.4 Å². The highest BCUT2D eigenvalue weighted by Gasteiger charge is 2.33. The molecule has 30 heavy (non-hydrogen) atoms. The van der Waals surface area contributed by atoms with E-state index in [1.54, 1.807) is 12.1 Å². The lowest BCUT2D eigenvalue weighted by atomic mass is 10.1. The monoisotopic (exact) mass is 486 g/mol. The van der Waals surface area contributed by atoms with E-state index in [9.17, 15) is 27.6 Å². The smallest absolute Gasteiger partial charge is 0.418 e. The van der Waals surface area contributed by atoms with Crippen LogP contribution in [0.1, 0.15) is 24.0 Å². The number of anilines is 2. The predicted molar refractivity (Wildman–Crippen MR) is 108 cm³/mol. The number of rotatable bonds is 7. The molecule has 0 unspecified atom stereocenters. The number of ether oxygens (including phenoxy) is 1. The number of hydrogen-bond donors (Lipinski definition) is 2. The summed E-state index contributed by atoms with van der Waals surface area (Å²) in [6.45, 7) is 1.04. The molecule has 2 rings (SSSR count). The van der Waals surface area contributed by atoms with Crippen LogP contribution in [0, 0.1) is 6.92 Å². The second kappa shape index (κ2) is 10.2. The zero-order valence-electron chi connectivity index (χ0n) is 15.8. The summed E-state index contributed by atoms with van der Waals surface area (Å²) in [5, 5.41) is 4.72. The summed E-state index contributed by atoms with van der Waals surface area (Å²) in [5.74, 6) is -2.16. The number of carbonyl (C=O) groups excluding carboxylic acids is 3. The van der Waals surface area contributed by atoms with Gasteiger partial charge >= 0.3 is 12.1 Å². The Morgan fingerprint density at radius 2 is 1.63 bits per heavy atom. The summed E-state index contributed by atoms with van der Waals surface area (Å²) in [4.78, 5) is 35.5. The third-order valence-corrected chi connectivity index (χ3v) is 4.38. The molecule has 0 saturated carbocycles. The summed E-state index contributed by atoms with van der Waals surface area (Å²) in [6, 6.07) is 9.73. The van der Waals surface area contributed by atoms with Gasteiger partial charge in [0.2, 0.25) is 5.91 Å². The van der Waals surface area contributed by atoms with Gasteiger partial charge in [-0.25, -0.2) is 0 Å². The highest BCUT2D eigenvalue weighted by Crippen LogP contribution is 2.34. The van der Waals surface area contributed by atoms with Gasteiger partial charge in [-0.1, -0.05) is 28.1 Å². The Labute approximate surface area is 178 Å². The molecule has 2 aromatic carbocycles. The topological polar surface area (TPSA) is 84.5 Å². The van der Waals surface area contributed by atoms with E-state index in [1.165, 1.54) is 12.1 Å². The van der Waals surface area contributed by atoms with Crippen LogP contribution < -0.4 is 10.6 Å². The van der Waals surface area contributed by atoms with Crippen LogP contribution in [-0.4, -0.2) is 24.4 Å². The fourth-order valence-corrected chi connectivity index (χ4v) is 2.91. The van der Waals surface area contributed by atoms with Gasteiger partial charge in [0, 0.05) is 16.6 Å². The van der Waals surface area contributed by atoms with Crippen LogP contribution in [0.15, 0.2) is 46.9 Å². The minimum Gasteiger partial charge on any atom is -0.456 e. The van der Waals surface area contributed by atoms with Gasteiger partial charge in [-0.2, -0.15) is 13.2 Å². The molecule has 10 heteroatoms. The first kappa shape index (κ1) is 23.4. The number of para-hydroxylation sites is 1. The molecule has 6 nitrogen and oxygen atoms in total. The molecule has 0 saturated heterocycles. The molecule has 0 aliphatic rings. The molecule has 0 spiro atoms. The Bertz CT molecular complexity index is 948. The molecule has 160 valence electrons. The normalized spacial score (nSPS) is 11.0. The average molecular weight is 487 g/mol. The van der Waals surface area contributed by atoms with Crippen molar-refractivity contribution in [2.24, 2.45) is 0 Å². The van der Waals surface area contributed by atoms with E-state index in [2.05, 4.69) is 26.6 Å². The van der Waals surface area contributed by atoms with E-state index < -0.39 is 41.8 Å². The van der Waals surface area contributed by atoms with Crippen LogP contribution in [-0.2, 0) is 25.3 Å². The highest BCUT2D eigenvalue weighted by atomic mass is 79.9. The van der Waals surface area contributed by atoms with Crippen molar-refractivity contribution in [1.29, 1.82) is 0 Å². The van der Waals surface area contributed by atoms with Gasteiger partial charge in [-0.15, -0.1) is 0 Å². The molecule has 0 radical (unpaired) electrons. The average Bonchev–Trinajstić information content (AvgIpc) is 2.66. The molecule has 0 aromatic heterocycles. The lowest BCUT2D eigenvalue weighted by molar-refractivity contribution is -0.148. The van der Waals surface area contributed by atoms with E-state index in [0.29, 0.717) is 5.69 Å². The minimum absolute atomic E-state index is 0.174. The number of halogens is 4. The molecule has 0 heterocycles. The third-order valence-electron chi connectivity index (χ3n) is 3.89. The molecule has 0 aliphatic carbocycles. The Morgan fingerprint density at radius 1 is 0.967 bits per heavy atom. The van der Waals surface area contributed by atoms with Gasteiger partial charge < -0.3 is 15.4 Å². The first-order valence-corrected chi connectivity index (χ1v) is 9.53. The number of esters is 1. The molecular formula is C20H18BrF3N2O4. The number of carbonyl (C=O) groups is 3. The largest absolute Gasteiger partial charge is 0.456 e. The van der Waals surface area contributed by atoms with E-state index in [0.717, 1.165) is 22.2 Å². The maximum absolute atomic E-state index is 12.9. The van der Waals surface area contributed by atoms with Gasteiger partial charge in [0.15, 0.2) is 6.61 Å². The second-order valence-electron chi connectivity index (χ2n) is 6.26. The zero-order chi connectivity index (χ0) is 22.3. The third kappa shape index (κ3) is 7.18. The van der Waals surface area contributed by atoms with Crippen LogP contribution in [0.3, 0.4) is 0 Å². The lowest BCUT2D eigenvalue weighted by Gasteiger charge is -2.13. The first-order valence-electron chi connectivity index (χ1n) is 8.74. The van der Waals surface area contributed by atoms with Crippen molar-refractivity contribution in [3.8, 4) is 0 Å². The second-order valence-corrected chi connectivity index (χ2v) is 7.18. The quantitative estimate of drug-likeness (QED) is 0.556. The van der Waals surface area contributed by atoms with E-state index >= 15 is 0 Å². The van der Waals surface area contributed by atoms with Crippen molar-refractivity contribution in [3.05, 3.63) is 58.1 Å². The standard InChI is InChI=1S/C20H18BrF3N2O4/c1-12-10-13(21)6-7-15(12)25-17(27)8-9-19(29)30-11-18(28)26-16-5-3-2-4-14(16)20(22,23)24/h2-7,10H,8-9,11H2,1H3,(H,25,27)(H,26,28). The van der Waals surface area contributed by atoms with Gasteiger partial charge in [0.1, 0.15) is 0 Å². The first-order chi connectivity index (χ1) is 14.1. The van der Waals surface area contributed by atoms with E-state index in [1.807, 2.05) is 13.0 Å². The van der Waals surface area contributed by atoms with Crippen molar-refractivity contribution >= 4 is 45.1 Å². The fraction of sp³-hybridized carbons (Fsp3) is 0.250. The van der Waals surface area contributed by atoms with Crippen molar-refractivity contribution in [3.63, 3.8) is 0 Å². The molecule has 0 atom stereocenters. The molecule has 2 amide bonds. The summed E-state index contributed by atoms with van der Waals surface area (Å²) in [7, 11) is 0. The molecule has 0 bridgehead atoms. The van der Waals surface area contributed by atoms with Crippen molar-refractivity contribution < 1.29 is 32.3 Å². The zero-order valence-corrected chi connectivity index (χ0v) is 17.4. The molecule has 0 fully saturated rings. The summed E-state index contributed by atoms with van der Waals surface area (Å²) in [5.41, 5.74) is -0.0183. The number of amides is 2. The number of aryl methyl sites for hydroxylation is 1. The Morgan fingerprint density at radius 3 is 2.30 bits per heavy atom. The van der Waals surface area contributed by atoms with Crippen LogP contribution in [0.4, 0.5) is 24.5 Å². The summed E-state index contributed by atoms with van der Waals surface area (Å²) >= 11 is 3.31. The van der Waals surface area contributed by atoms with Gasteiger partial charge in [0.25, 0.3) is 5.91 Å². The number of hydrogen-bond acceptors (Lipinski definition) is 4. The van der Waals surface area contributed by atoms with Gasteiger partial charge in [-0.05, 0) is 42.8 Å². The van der Waals surface area contributed by atoms with Crippen LogP contribution in [0.2, 0.25) is 0 Å². The summed E-state index contributed by atoms with van der Waals surface area (Å²) in [6.07, 6.45) is -5.10. The minimum atomic E-state index is -4.64. The van der Waals surface area contributed by atoms with Crippen molar-refractivity contribution in [1.82, 2.24) is 0 Å². The van der Waals surface area contributed by atoms with Gasteiger partial charge in [0.05, 0.1) is 17.7 Å². The highest BCUT2D eigenvalue weighted by molar-refractivity contribution is 9.10. The Hall–Kier alpha value is -2.88. The molecule has 0 aliphatic heterocycles. The van der Waals surface area contributed by atoms with Crippen LogP contribution in [0.25, 0.3) is 0 Å². The number of alkyl halides is 3. The Balaban J connectivity index is 1.78. The predicted octanol–water partition coefficient (Wildman–Crippen LogP) is 4.68. The maximum Gasteiger partial charge on any atom is 0.418 e. The van der Waals surface area contributed by atoms with E-state index in [4.69, 9.17) is 4.74 Å². The Kier molecular flexibility index (Phi) is 7.99. The maximum atomic E-state index is 12.9. The van der Waals surface area contributed by atoms with Crippen molar-refractivity contribution in [2.45, 2.75) is 25.9 Å². The summed E-state index contributed by atoms with van der Waals surface area (Å²) < 4.78 is 44.3. The van der Waals surface area contributed by atoms with E-state index in [-0.39, 0.29) is 12.8 Å². The molecule has 2 aromatic rings. The number of benzene rings is 2. The fourth-order valence-electron chi connectivity index (χ4n) is 2.44. The number of nitrogens with one attached hydrogen (secondary N) is 2. The van der Waals surface area contributed by atoms with Crippen LogP contribution >= 0.6 is 15.9 Å². The van der Waals surface area contributed by atoms with Crippen LogP contribution in [0.5, 0.6) is 0 Å².